The van der Waals surface area contributed by atoms with Crippen LogP contribution in [0.4, 0.5) is 0 Å². The maximum Gasteiger partial charge on any atom is 0.255 e. The van der Waals surface area contributed by atoms with Crippen LogP contribution < -0.4 is 5.56 Å². The molecule has 3 rings (SSSR count). The van der Waals surface area contributed by atoms with Gasteiger partial charge in [-0.1, -0.05) is 20.8 Å². The maximum atomic E-state index is 12.4. The lowest BCUT2D eigenvalue weighted by Crippen LogP contribution is -2.37. The molecule has 0 radical (unpaired) electrons. The molecule has 0 spiro atoms. The van der Waals surface area contributed by atoms with Crippen LogP contribution in [0.15, 0.2) is 17.2 Å². The molecular formula is C17H25N5O. The number of aryl methyl sites for hydroxylation is 1. The number of aromatic nitrogens is 4. The topological polar surface area (TPSA) is 66.8 Å². The normalized spacial score (nSPS) is 15.7. The summed E-state index contributed by atoms with van der Waals surface area (Å²) in [4.78, 5) is 22.4. The summed E-state index contributed by atoms with van der Waals surface area (Å²) in [5.74, 6) is 0.777. The van der Waals surface area contributed by atoms with Crippen LogP contribution in [0, 0.1) is 0 Å². The second kappa shape index (κ2) is 5.92. The molecule has 124 valence electrons. The first-order valence-electron chi connectivity index (χ1n) is 8.23. The molecule has 0 fully saturated rings. The first-order valence-corrected chi connectivity index (χ1v) is 8.23. The third-order valence-electron chi connectivity index (χ3n) is 4.27. The summed E-state index contributed by atoms with van der Waals surface area (Å²) in [6.45, 7) is 11.5. The minimum atomic E-state index is -0.139. The fraction of sp³-hybridized carbons (Fsp3) is 0.588. The van der Waals surface area contributed by atoms with Crippen LogP contribution in [0.1, 0.15) is 50.3 Å². The highest BCUT2D eigenvalue weighted by Gasteiger charge is 2.24. The molecule has 1 aliphatic rings. The van der Waals surface area contributed by atoms with Gasteiger partial charge in [-0.25, -0.2) is 4.98 Å². The summed E-state index contributed by atoms with van der Waals surface area (Å²) in [6, 6.07) is 0. The Bertz CT molecular complexity index is 753. The van der Waals surface area contributed by atoms with Gasteiger partial charge in [-0.05, 0) is 6.92 Å². The number of aromatic amines is 1. The van der Waals surface area contributed by atoms with Gasteiger partial charge in [0.15, 0.2) is 0 Å². The number of rotatable bonds is 3. The van der Waals surface area contributed by atoms with E-state index in [9.17, 15) is 4.79 Å². The van der Waals surface area contributed by atoms with Crippen LogP contribution in [0.3, 0.4) is 0 Å². The third kappa shape index (κ3) is 3.37. The average Bonchev–Trinajstić information content (AvgIpc) is 2.94. The minimum absolute atomic E-state index is 0.00822. The lowest BCUT2D eigenvalue weighted by atomic mass is 9.95. The molecule has 1 aliphatic heterocycles. The van der Waals surface area contributed by atoms with E-state index in [4.69, 9.17) is 4.98 Å². The fourth-order valence-corrected chi connectivity index (χ4v) is 2.89. The molecule has 0 bridgehead atoms. The Morgan fingerprint density at radius 3 is 2.78 bits per heavy atom. The fourth-order valence-electron chi connectivity index (χ4n) is 2.89. The lowest BCUT2D eigenvalue weighted by Gasteiger charge is -2.28. The molecule has 0 saturated heterocycles. The SMILES string of the molecule is CCn1cc(CN2CCc3nc(C(C)(C)C)[nH]c(=O)c3C2)cn1. The maximum absolute atomic E-state index is 12.4. The van der Waals surface area contributed by atoms with Gasteiger partial charge in [0.1, 0.15) is 5.82 Å². The number of H-pyrrole nitrogens is 1. The zero-order valence-electron chi connectivity index (χ0n) is 14.4. The van der Waals surface area contributed by atoms with Crippen molar-refractivity contribution in [2.24, 2.45) is 0 Å². The van der Waals surface area contributed by atoms with Gasteiger partial charge in [0.2, 0.25) is 0 Å². The Labute approximate surface area is 136 Å². The monoisotopic (exact) mass is 315 g/mol. The highest BCUT2D eigenvalue weighted by molar-refractivity contribution is 5.23. The largest absolute Gasteiger partial charge is 0.310 e. The molecule has 23 heavy (non-hydrogen) atoms. The van der Waals surface area contributed by atoms with E-state index in [0.717, 1.165) is 43.1 Å². The molecule has 0 aliphatic carbocycles. The van der Waals surface area contributed by atoms with Crippen molar-refractivity contribution in [3.05, 3.63) is 45.4 Å². The number of hydrogen-bond acceptors (Lipinski definition) is 4. The van der Waals surface area contributed by atoms with Crippen molar-refractivity contribution in [3.8, 4) is 0 Å². The van der Waals surface area contributed by atoms with Crippen LogP contribution in [-0.4, -0.2) is 31.2 Å². The molecule has 0 aromatic carbocycles. The zero-order chi connectivity index (χ0) is 16.6. The van der Waals surface area contributed by atoms with Gasteiger partial charge in [-0.15, -0.1) is 0 Å². The summed E-state index contributed by atoms with van der Waals surface area (Å²) in [7, 11) is 0. The molecule has 6 heteroatoms. The van der Waals surface area contributed by atoms with E-state index in [2.05, 4.69) is 48.9 Å². The zero-order valence-corrected chi connectivity index (χ0v) is 14.4. The van der Waals surface area contributed by atoms with Crippen LogP contribution >= 0.6 is 0 Å². The van der Waals surface area contributed by atoms with Crippen LogP contribution in [0.2, 0.25) is 0 Å². The van der Waals surface area contributed by atoms with Gasteiger partial charge in [0.25, 0.3) is 5.56 Å². The Morgan fingerprint density at radius 2 is 2.13 bits per heavy atom. The Morgan fingerprint density at radius 1 is 1.35 bits per heavy atom. The third-order valence-corrected chi connectivity index (χ3v) is 4.27. The predicted octanol–water partition coefficient (Wildman–Crippen LogP) is 1.84. The Hall–Kier alpha value is -1.95. The average molecular weight is 315 g/mol. The van der Waals surface area contributed by atoms with E-state index in [-0.39, 0.29) is 11.0 Å². The molecule has 0 unspecified atom stereocenters. The van der Waals surface area contributed by atoms with Gasteiger partial charge >= 0.3 is 0 Å². The molecule has 2 aromatic heterocycles. The van der Waals surface area contributed by atoms with Crippen molar-refractivity contribution in [3.63, 3.8) is 0 Å². The molecule has 0 amide bonds. The second-order valence-corrected chi connectivity index (χ2v) is 7.25. The van der Waals surface area contributed by atoms with Gasteiger partial charge in [0, 0.05) is 49.8 Å². The van der Waals surface area contributed by atoms with E-state index in [1.165, 1.54) is 5.56 Å². The minimum Gasteiger partial charge on any atom is -0.310 e. The van der Waals surface area contributed by atoms with E-state index in [1.54, 1.807) is 0 Å². The van der Waals surface area contributed by atoms with E-state index in [0.29, 0.717) is 6.54 Å². The first kappa shape index (κ1) is 15.9. The quantitative estimate of drug-likeness (QED) is 0.938. The second-order valence-electron chi connectivity index (χ2n) is 7.25. The van der Waals surface area contributed by atoms with Gasteiger partial charge < -0.3 is 4.98 Å². The number of fused-ring (bicyclic) bond motifs is 1. The van der Waals surface area contributed by atoms with Crippen LogP contribution in [-0.2, 0) is 31.5 Å². The molecule has 1 N–H and O–H groups in total. The Kier molecular flexibility index (Phi) is 4.10. The van der Waals surface area contributed by atoms with Crippen molar-refractivity contribution in [2.75, 3.05) is 6.54 Å². The molecular weight excluding hydrogens is 290 g/mol. The Balaban J connectivity index is 1.79. The summed E-state index contributed by atoms with van der Waals surface area (Å²) >= 11 is 0. The highest BCUT2D eigenvalue weighted by Crippen LogP contribution is 2.21. The van der Waals surface area contributed by atoms with Gasteiger partial charge in [-0.2, -0.15) is 5.10 Å². The van der Waals surface area contributed by atoms with E-state index < -0.39 is 0 Å². The molecule has 2 aromatic rings. The van der Waals surface area contributed by atoms with Crippen molar-refractivity contribution in [2.45, 2.75) is 59.2 Å². The van der Waals surface area contributed by atoms with Crippen LogP contribution in [0.25, 0.3) is 0 Å². The molecule has 0 saturated carbocycles. The smallest absolute Gasteiger partial charge is 0.255 e. The summed E-state index contributed by atoms with van der Waals surface area (Å²) in [5.41, 5.74) is 2.83. The van der Waals surface area contributed by atoms with E-state index in [1.807, 2.05) is 10.9 Å². The lowest BCUT2D eigenvalue weighted by molar-refractivity contribution is 0.241. The van der Waals surface area contributed by atoms with Crippen molar-refractivity contribution in [1.29, 1.82) is 0 Å². The molecule has 0 atom stereocenters. The van der Waals surface area contributed by atoms with E-state index >= 15 is 0 Å². The summed E-state index contributed by atoms with van der Waals surface area (Å²) in [5, 5.41) is 4.31. The van der Waals surface area contributed by atoms with Crippen LogP contribution in [0.5, 0.6) is 0 Å². The highest BCUT2D eigenvalue weighted by atomic mass is 16.1. The molecule has 3 heterocycles. The first-order chi connectivity index (χ1) is 10.9. The number of nitrogens with one attached hydrogen (secondary N) is 1. The number of hydrogen-bond donors (Lipinski definition) is 1. The molecule has 6 nitrogen and oxygen atoms in total. The van der Waals surface area contributed by atoms with Crippen molar-refractivity contribution < 1.29 is 0 Å². The van der Waals surface area contributed by atoms with Gasteiger partial charge in [-0.3, -0.25) is 14.4 Å². The van der Waals surface area contributed by atoms with Crippen molar-refractivity contribution in [1.82, 2.24) is 24.6 Å². The summed E-state index contributed by atoms with van der Waals surface area (Å²) in [6.07, 6.45) is 4.80. The standard InChI is InChI=1S/C17H25N5O/c1-5-22-10-12(8-18-22)9-21-7-6-14-13(11-21)15(23)20-16(19-14)17(2,3)4/h8,10H,5-7,9,11H2,1-4H3,(H,19,20,23). The van der Waals surface area contributed by atoms with Crippen molar-refractivity contribution >= 4 is 0 Å². The predicted molar refractivity (Wildman–Crippen MR) is 89.3 cm³/mol. The number of nitrogens with zero attached hydrogens (tertiary/aromatic N) is 4. The van der Waals surface area contributed by atoms with Gasteiger partial charge in [0.05, 0.1) is 17.5 Å². The summed E-state index contributed by atoms with van der Waals surface area (Å²) < 4.78 is 1.93.